The van der Waals surface area contributed by atoms with Crippen molar-refractivity contribution in [3.05, 3.63) is 0 Å². The topological polar surface area (TPSA) is 37.4 Å². The van der Waals surface area contributed by atoms with Gasteiger partial charge in [-0.15, -0.1) is 0 Å². The highest BCUT2D eigenvalue weighted by atomic mass is 16.2. The first-order valence-corrected chi connectivity index (χ1v) is 6.60. The molecule has 0 spiro atoms. The van der Waals surface area contributed by atoms with Crippen LogP contribution in [0, 0.1) is 5.92 Å². The minimum absolute atomic E-state index is 0.0358. The summed E-state index contributed by atoms with van der Waals surface area (Å²) in [5.74, 6) is 0.920. The molecule has 0 aromatic rings. The van der Waals surface area contributed by atoms with E-state index in [4.69, 9.17) is 0 Å². The second-order valence-corrected chi connectivity index (χ2v) is 5.09. The molecular weight excluding hydrogens is 202 g/mol. The van der Waals surface area contributed by atoms with Gasteiger partial charge in [-0.1, -0.05) is 32.1 Å². The minimum Gasteiger partial charge on any atom is -0.283 e. The lowest BCUT2D eigenvalue weighted by Gasteiger charge is -2.22. The van der Waals surface area contributed by atoms with Gasteiger partial charge in [0, 0.05) is 19.4 Å². The van der Waals surface area contributed by atoms with Gasteiger partial charge in [0.05, 0.1) is 0 Å². The molecule has 1 heterocycles. The molecule has 0 radical (unpaired) electrons. The van der Waals surface area contributed by atoms with Gasteiger partial charge < -0.3 is 0 Å². The van der Waals surface area contributed by atoms with Crippen molar-refractivity contribution in [1.29, 1.82) is 0 Å². The highest BCUT2D eigenvalue weighted by Gasteiger charge is 2.28. The highest BCUT2D eigenvalue weighted by molar-refractivity contribution is 6.01. The summed E-state index contributed by atoms with van der Waals surface area (Å²) < 4.78 is 0. The first kappa shape index (κ1) is 11.6. The molecular formula is C13H21NO2. The van der Waals surface area contributed by atoms with Crippen LogP contribution in [0.5, 0.6) is 0 Å². The zero-order valence-corrected chi connectivity index (χ0v) is 9.91. The molecule has 0 unspecified atom stereocenters. The average molecular weight is 223 g/mol. The van der Waals surface area contributed by atoms with Crippen molar-refractivity contribution in [3.8, 4) is 0 Å². The van der Waals surface area contributed by atoms with Crippen molar-refractivity contribution < 1.29 is 9.59 Å². The van der Waals surface area contributed by atoms with E-state index in [2.05, 4.69) is 0 Å². The van der Waals surface area contributed by atoms with Crippen LogP contribution in [0.25, 0.3) is 0 Å². The number of likely N-dealkylation sites (tertiary alicyclic amines) is 1. The van der Waals surface area contributed by atoms with Crippen LogP contribution in [0.4, 0.5) is 0 Å². The molecule has 90 valence electrons. The Hall–Kier alpha value is -0.860. The van der Waals surface area contributed by atoms with E-state index in [1.807, 2.05) is 0 Å². The largest absolute Gasteiger partial charge is 0.283 e. The zero-order valence-electron chi connectivity index (χ0n) is 9.91. The van der Waals surface area contributed by atoms with Crippen molar-refractivity contribution >= 4 is 11.8 Å². The molecule has 1 aliphatic heterocycles. The van der Waals surface area contributed by atoms with Crippen LogP contribution in [0.1, 0.15) is 57.8 Å². The predicted molar refractivity (Wildman–Crippen MR) is 61.8 cm³/mol. The van der Waals surface area contributed by atoms with Gasteiger partial charge in [-0.3, -0.25) is 14.5 Å². The fraction of sp³-hybridized carbons (Fsp3) is 0.846. The molecule has 3 nitrogen and oxygen atoms in total. The van der Waals surface area contributed by atoms with Crippen molar-refractivity contribution in [2.75, 3.05) is 6.54 Å². The summed E-state index contributed by atoms with van der Waals surface area (Å²) in [7, 11) is 0. The van der Waals surface area contributed by atoms with Gasteiger partial charge in [-0.05, 0) is 18.8 Å². The van der Waals surface area contributed by atoms with Crippen LogP contribution < -0.4 is 0 Å². The summed E-state index contributed by atoms with van der Waals surface area (Å²) in [6.45, 7) is 0.661. The Bertz CT molecular complexity index is 253. The van der Waals surface area contributed by atoms with Crippen molar-refractivity contribution in [2.45, 2.75) is 57.8 Å². The Balaban J connectivity index is 1.67. The molecule has 2 fully saturated rings. The van der Waals surface area contributed by atoms with E-state index in [0.29, 0.717) is 19.4 Å². The quantitative estimate of drug-likeness (QED) is 0.687. The van der Waals surface area contributed by atoms with Crippen LogP contribution >= 0.6 is 0 Å². The second kappa shape index (κ2) is 5.46. The lowest BCUT2D eigenvalue weighted by Crippen LogP contribution is -2.30. The normalized spacial score (nSPS) is 23.1. The maximum Gasteiger partial charge on any atom is 0.229 e. The molecule has 2 amide bonds. The Morgan fingerprint density at radius 3 is 2.25 bits per heavy atom. The van der Waals surface area contributed by atoms with Gasteiger partial charge in [0.1, 0.15) is 0 Å². The Morgan fingerprint density at radius 2 is 1.62 bits per heavy atom. The van der Waals surface area contributed by atoms with E-state index in [1.165, 1.54) is 43.4 Å². The third-order valence-corrected chi connectivity index (χ3v) is 3.87. The van der Waals surface area contributed by atoms with Gasteiger partial charge >= 0.3 is 0 Å². The summed E-state index contributed by atoms with van der Waals surface area (Å²) >= 11 is 0. The molecule has 3 heteroatoms. The summed E-state index contributed by atoms with van der Waals surface area (Å²) in [6, 6.07) is 0. The first-order chi connectivity index (χ1) is 7.77. The number of hydrogen-bond acceptors (Lipinski definition) is 2. The van der Waals surface area contributed by atoms with E-state index >= 15 is 0 Å². The lowest BCUT2D eigenvalue weighted by molar-refractivity contribution is -0.138. The molecule has 1 saturated carbocycles. The molecule has 2 aliphatic rings. The van der Waals surface area contributed by atoms with Crippen LogP contribution in [0.2, 0.25) is 0 Å². The fourth-order valence-corrected chi connectivity index (χ4v) is 2.89. The van der Waals surface area contributed by atoms with E-state index in [-0.39, 0.29) is 11.8 Å². The molecule has 0 aromatic carbocycles. The average Bonchev–Trinajstić information content (AvgIpc) is 2.62. The number of hydrogen-bond donors (Lipinski definition) is 0. The standard InChI is InChI=1S/C13H21NO2/c15-12-8-9-13(16)14(12)10-4-7-11-5-2-1-3-6-11/h11H,1-10H2. The lowest BCUT2D eigenvalue weighted by atomic mass is 9.86. The monoisotopic (exact) mass is 223 g/mol. The number of amides is 2. The van der Waals surface area contributed by atoms with Crippen molar-refractivity contribution in [2.24, 2.45) is 5.92 Å². The van der Waals surface area contributed by atoms with Crippen LogP contribution in [-0.4, -0.2) is 23.3 Å². The Morgan fingerprint density at radius 1 is 1.00 bits per heavy atom. The van der Waals surface area contributed by atoms with Gasteiger partial charge in [0.15, 0.2) is 0 Å². The molecule has 0 N–H and O–H groups in total. The maximum atomic E-state index is 11.4. The van der Waals surface area contributed by atoms with Crippen LogP contribution in [0.3, 0.4) is 0 Å². The fourth-order valence-electron chi connectivity index (χ4n) is 2.89. The van der Waals surface area contributed by atoms with Gasteiger partial charge in [-0.2, -0.15) is 0 Å². The summed E-state index contributed by atoms with van der Waals surface area (Å²) in [5.41, 5.74) is 0. The molecule has 2 rings (SSSR count). The molecule has 0 atom stereocenters. The van der Waals surface area contributed by atoms with Crippen LogP contribution in [0.15, 0.2) is 0 Å². The predicted octanol–water partition coefficient (Wildman–Crippen LogP) is 2.50. The number of carbonyl (C=O) groups excluding carboxylic acids is 2. The summed E-state index contributed by atoms with van der Waals surface area (Å²) in [6.07, 6.45) is 9.88. The third kappa shape index (κ3) is 2.83. The SMILES string of the molecule is O=C1CCC(=O)N1CCCC1CCCCC1. The van der Waals surface area contributed by atoms with Crippen LogP contribution in [-0.2, 0) is 9.59 Å². The molecule has 0 bridgehead atoms. The molecule has 16 heavy (non-hydrogen) atoms. The first-order valence-electron chi connectivity index (χ1n) is 6.60. The Kier molecular flexibility index (Phi) is 3.97. The van der Waals surface area contributed by atoms with E-state index < -0.39 is 0 Å². The second-order valence-electron chi connectivity index (χ2n) is 5.09. The van der Waals surface area contributed by atoms with E-state index in [0.717, 1.165) is 12.3 Å². The van der Waals surface area contributed by atoms with E-state index in [9.17, 15) is 9.59 Å². The summed E-state index contributed by atoms with van der Waals surface area (Å²) in [4.78, 5) is 24.2. The van der Waals surface area contributed by atoms with E-state index in [1.54, 1.807) is 0 Å². The van der Waals surface area contributed by atoms with Gasteiger partial charge in [0.2, 0.25) is 11.8 Å². The summed E-state index contributed by atoms with van der Waals surface area (Å²) in [5, 5.41) is 0. The Labute approximate surface area is 97.2 Å². The number of imide groups is 1. The highest BCUT2D eigenvalue weighted by Crippen LogP contribution is 2.27. The number of rotatable bonds is 4. The molecule has 1 aliphatic carbocycles. The molecule has 1 saturated heterocycles. The minimum atomic E-state index is 0.0358. The van der Waals surface area contributed by atoms with Gasteiger partial charge in [-0.25, -0.2) is 0 Å². The number of nitrogens with zero attached hydrogens (tertiary/aromatic N) is 1. The molecule has 0 aromatic heterocycles. The third-order valence-electron chi connectivity index (χ3n) is 3.87. The smallest absolute Gasteiger partial charge is 0.229 e. The maximum absolute atomic E-state index is 11.4. The zero-order chi connectivity index (χ0) is 11.4. The van der Waals surface area contributed by atoms with Gasteiger partial charge in [0.25, 0.3) is 0 Å². The van der Waals surface area contributed by atoms with Crippen molar-refractivity contribution in [3.63, 3.8) is 0 Å². The number of carbonyl (C=O) groups is 2. The van der Waals surface area contributed by atoms with Crippen molar-refractivity contribution in [1.82, 2.24) is 4.90 Å².